The van der Waals surface area contributed by atoms with Gasteiger partial charge in [-0.1, -0.05) is 58.3 Å². The summed E-state index contributed by atoms with van der Waals surface area (Å²) in [6.45, 7) is 4.37. The summed E-state index contributed by atoms with van der Waals surface area (Å²) in [4.78, 5) is 0. The van der Waals surface area contributed by atoms with Crippen LogP contribution in [-0.2, 0) is 0 Å². The SMILES string of the molecule is CCCCCCCCCCCNCCCl. The van der Waals surface area contributed by atoms with E-state index >= 15 is 0 Å². The molecule has 0 rings (SSSR count). The Labute approximate surface area is 101 Å². The summed E-state index contributed by atoms with van der Waals surface area (Å²) in [5.74, 6) is 0.734. The lowest BCUT2D eigenvalue weighted by molar-refractivity contribution is 0.553. The van der Waals surface area contributed by atoms with Crippen molar-refractivity contribution < 1.29 is 0 Å². The molecule has 92 valence electrons. The Kier molecular flexibility index (Phi) is 14.5. The topological polar surface area (TPSA) is 12.0 Å². The van der Waals surface area contributed by atoms with Gasteiger partial charge < -0.3 is 5.32 Å². The fourth-order valence-electron chi connectivity index (χ4n) is 1.75. The normalized spacial score (nSPS) is 10.8. The van der Waals surface area contributed by atoms with Crippen molar-refractivity contribution in [2.45, 2.75) is 64.7 Å². The minimum atomic E-state index is 0.734. The quantitative estimate of drug-likeness (QED) is 0.391. The third kappa shape index (κ3) is 14.2. The van der Waals surface area contributed by atoms with Gasteiger partial charge in [0.2, 0.25) is 0 Å². The summed E-state index contributed by atoms with van der Waals surface area (Å²) >= 11 is 5.56. The van der Waals surface area contributed by atoms with Crippen molar-refractivity contribution in [1.82, 2.24) is 5.32 Å². The van der Waals surface area contributed by atoms with Crippen LogP contribution >= 0.6 is 11.6 Å². The van der Waals surface area contributed by atoms with Crippen LogP contribution in [0.1, 0.15) is 64.7 Å². The highest BCUT2D eigenvalue weighted by Crippen LogP contribution is 2.08. The average molecular weight is 234 g/mol. The number of halogens is 1. The highest BCUT2D eigenvalue weighted by atomic mass is 35.5. The Balaban J connectivity index is 2.81. The van der Waals surface area contributed by atoms with E-state index in [2.05, 4.69) is 12.2 Å². The molecule has 0 aliphatic rings. The molecule has 1 nitrogen and oxygen atoms in total. The highest BCUT2D eigenvalue weighted by Gasteiger charge is 1.91. The Morgan fingerprint density at radius 3 is 1.80 bits per heavy atom. The first-order valence-corrected chi connectivity index (χ1v) is 7.22. The van der Waals surface area contributed by atoms with E-state index in [0.717, 1.165) is 19.0 Å². The first-order chi connectivity index (χ1) is 7.41. The zero-order chi connectivity index (χ0) is 11.2. The van der Waals surface area contributed by atoms with E-state index in [9.17, 15) is 0 Å². The summed E-state index contributed by atoms with van der Waals surface area (Å²) in [5.41, 5.74) is 0. The molecule has 0 unspecified atom stereocenters. The number of hydrogen-bond donors (Lipinski definition) is 1. The summed E-state index contributed by atoms with van der Waals surface area (Å²) in [7, 11) is 0. The Hall–Kier alpha value is 0.250. The van der Waals surface area contributed by atoms with Gasteiger partial charge in [-0.15, -0.1) is 11.6 Å². The average Bonchev–Trinajstić information content (AvgIpc) is 2.26. The number of alkyl halides is 1. The molecule has 0 radical (unpaired) electrons. The predicted octanol–water partition coefficient (Wildman–Crippen LogP) is 4.35. The monoisotopic (exact) mass is 233 g/mol. The van der Waals surface area contributed by atoms with E-state index in [1.165, 1.54) is 57.8 Å². The van der Waals surface area contributed by atoms with Gasteiger partial charge in [-0.2, -0.15) is 0 Å². The van der Waals surface area contributed by atoms with Crippen LogP contribution in [0, 0.1) is 0 Å². The van der Waals surface area contributed by atoms with Crippen LogP contribution in [0.25, 0.3) is 0 Å². The number of nitrogens with one attached hydrogen (secondary N) is 1. The molecule has 0 saturated heterocycles. The van der Waals surface area contributed by atoms with Gasteiger partial charge in [-0.05, 0) is 13.0 Å². The van der Waals surface area contributed by atoms with Crippen LogP contribution in [0.3, 0.4) is 0 Å². The zero-order valence-electron chi connectivity index (χ0n) is 10.4. The molecule has 0 bridgehead atoms. The van der Waals surface area contributed by atoms with Crippen molar-refractivity contribution in [3.05, 3.63) is 0 Å². The van der Waals surface area contributed by atoms with Crippen molar-refractivity contribution in [3.8, 4) is 0 Å². The molecule has 0 fully saturated rings. The van der Waals surface area contributed by atoms with Gasteiger partial charge in [0.15, 0.2) is 0 Å². The van der Waals surface area contributed by atoms with Crippen molar-refractivity contribution in [2.24, 2.45) is 0 Å². The molecule has 0 saturated carbocycles. The fourth-order valence-corrected chi connectivity index (χ4v) is 1.89. The van der Waals surface area contributed by atoms with Crippen molar-refractivity contribution in [1.29, 1.82) is 0 Å². The molecular formula is C13H28ClN. The molecule has 0 heterocycles. The van der Waals surface area contributed by atoms with Crippen LogP contribution in [0.5, 0.6) is 0 Å². The Morgan fingerprint density at radius 1 is 0.733 bits per heavy atom. The van der Waals surface area contributed by atoms with Crippen LogP contribution in [0.2, 0.25) is 0 Å². The number of rotatable bonds is 12. The molecule has 0 atom stereocenters. The second kappa shape index (κ2) is 14.2. The third-order valence-electron chi connectivity index (χ3n) is 2.73. The summed E-state index contributed by atoms with van der Waals surface area (Å²) in [5, 5.41) is 3.32. The van der Waals surface area contributed by atoms with E-state index in [-0.39, 0.29) is 0 Å². The van der Waals surface area contributed by atoms with Crippen LogP contribution in [-0.4, -0.2) is 19.0 Å². The Bertz CT molecular complexity index is 94.7. The third-order valence-corrected chi connectivity index (χ3v) is 2.92. The lowest BCUT2D eigenvalue weighted by Crippen LogP contribution is -2.17. The predicted molar refractivity (Wildman–Crippen MR) is 70.8 cm³/mol. The van der Waals surface area contributed by atoms with E-state index in [0.29, 0.717) is 0 Å². The first-order valence-electron chi connectivity index (χ1n) is 6.68. The van der Waals surface area contributed by atoms with E-state index in [4.69, 9.17) is 11.6 Å². The molecule has 2 heteroatoms. The standard InChI is InChI=1S/C13H28ClN/c1-2-3-4-5-6-7-8-9-10-12-15-13-11-14/h15H,2-13H2,1H3. The number of hydrogen-bond acceptors (Lipinski definition) is 1. The second-order valence-electron chi connectivity index (χ2n) is 4.27. The Morgan fingerprint density at radius 2 is 1.27 bits per heavy atom. The molecule has 0 aromatic carbocycles. The molecule has 0 spiro atoms. The lowest BCUT2D eigenvalue weighted by Gasteiger charge is -2.03. The number of unbranched alkanes of at least 4 members (excludes halogenated alkanes) is 8. The maximum Gasteiger partial charge on any atom is 0.0348 e. The molecule has 0 aliphatic carbocycles. The fraction of sp³-hybridized carbons (Fsp3) is 1.00. The maximum absolute atomic E-state index is 5.56. The molecular weight excluding hydrogens is 206 g/mol. The minimum absolute atomic E-state index is 0.734. The van der Waals surface area contributed by atoms with Gasteiger partial charge >= 0.3 is 0 Å². The van der Waals surface area contributed by atoms with Gasteiger partial charge in [0.05, 0.1) is 0 Å². The lowest BCUT2D eigenvalue weighted by atomic mass is 10.1. The molecule has 1 N–H and O–H groups in total. The van der Waals surface area contributed by atoms with Gasteiger partial charge in [0, 0.05) is 12.4 Å². The smallest absolute Gasteiger partial charge is 0.0348 e. The largest absolute Gasteiger partial charge is 0.316 e. The van der Waals surface area contributed by atoms with Gasteiger partial charge in [0.25, 0.3) is 0 Å². The zero-order valence-corrected chi connectivity index (χ0v) is 11.1. The maximum atomic E-state index is 5.56. The summed E-state index contributed by atoms with van der Waals surface area (Å²) in [6, 6.07) is 0. The van der Waals surface area contributed by atoms with Crippen molar-refractivity contribution in [2.75, 3.05) is 19.0 Å². The van der Waals surface area contributed by atoms with Crippen LogP contribution in [0.15, 0.2) is 0 Å². The van der Waals surface area contributed by atoms with Gasteiger partial charge in [-0.3, -0.25) is 0 Å². The highest BCUT2D eigenvalue weighted by molar-refractivity contribution is 6.18. The van der Waals surface area contributed by atoms with Gasteiger partial charge in [-0.25, -0.2) is 0 Å². The molecule has 0 aromatic rings. The van der Waals surface area contributed by atoms with Crippen molar-refractivity contribution in [3.63, 3.8) is 0 Å². The first kappa shape index (κ1) is 15.2. The van der Waals surface area contributed by atoms with Crippen LogP contribution < -0.4 is 5.32 Å². The molecule has 0 aromatic heterocycles. The van der Waals surface area contributed by atoms with Gasteiger partial charge in [0.1, 0.15) is 0 Å². The van der Waals surface area contributed by atoms with Crippen molar-refractivity contribution >= 4 is 11.6 Å². The second-order valence-corrected chi connectivity index (χ2v) is 4.65. The summed E-state index contributed by atoms with van der Waals surface area (Å²) in [6.07, 6.45) is 12.6. The molecule has 0 amide bonds. The molecule has 0 aliphatic heterocycles. The van der Waals surface area contributed by atoms with Crippen LogP contribution in [0.4, 0.5) is 0 Å². The van der Waals surface area contributed by atoms with E-state index in [1.54, 1.807) is 0 Å². The summed E-state index contributed by atoms with van der Waals surface area (Å²) < 4.78 is 0. The minimum Gasteiger partial charge on any atom is -0.316 e. The van der Waals surface area contributed by atoms with E-state index < -0.39 is 0 Å². The molecule has 15 heavy (non-hydrogen) atoms. The van der Waals surface area contributed by atoms with E-state index in [1.807, 2.05) is 0 Å².